The van der Waals surface area contributed by atoms with Crippen molar-refractivity contribution in [1.29, 1.82) is 0 Å². The highest BCUT2D eigenvalue weighted by Crippen LogP contribution is 2.02. The van der Waals surface area contributed by atoms with Gasteiger partial charge in [-0.3, -0.25) is 14.8 Å². The van der Waals surface area contributed by atoms with Gasteiger partial charge in [0.25, 0.3) is 5.91 Å². The Bertz CT molecular complexity index is 284. The van der Waals surface area contributed by atoms with Crippen molar-refractivity contribution in [2.45, 2.75) is 18.9 Å². The molecule has 0 saturated heterocycles. The quantitative estimate of drug-likeness (QED) is 0.334. The fourth-order valence-electron chi connectivity index (χ4n) is 1.13. The van der Waals surface area contributed by atoms with Crippen molar-refractivity contribution in [1.82, 2.24) is 10.8 Å². The highest BCUT2D eigenvalue weighted by atomic mass is 16.5. The molecule has 1 unspecified atom stereocenters. The SMILES string of the molecule is O=C(CC(=O)NC1C=CC=CC1)NO. The zero-order valence-corrected chi connectivity index (χ0v) is 7.56. The number of hydroxylamine groups is 1. The smallest absolute Gasteiger partial charge is 0.252 e. The van der Waals surface area contributed by atoms with Gasteiger partial charge >= 0.3 is 0 Å². The number of hydrogen-bond acceptors (Lipinski definition) is 3. The Balaban J connectivity index is 2.30. The molecule has 0 bridgehead atoms. The molecule has 1 atom stereocenters. The minimum Gasteiger partial charge on any atom is -0.349 e. The summed E-state index contributed by atoms with van der Waals surface area (Å²) in [5, 5.41) is 10.8. The molecule has 0 heterocycles. The van der Waals surface area contributed by atoms with E-state index in [4.69, 9.17) is 5.21 Å². The van der Waals surface area contributed by atoms with Crippen LogP contribution >= 0.6 is 0 Å². The topological polar surface area (TPSA) is 78.4 Å². The van der Waals surface area contributed by atoms with E-state index in [2.05, 4.69) is 5.32 Å². The van der Waals surface area contributed by atoms with Crippen LogP contribution in [-0.4, -0.2) is 23.1 Å². The average Bonchev–Trinajstić information content (AvgIpc) is 2.19. The summed E-state index contributed by atoms with van der Waals surface area (Å²) in [6, 6.07) is -0.0565. The molecular formula is C9H12N2O3. The highest BCUT2D eigenvalue weighted by molar-refractivity contribution is 5.96. The molecule has 1 aliphatic carbocycles. The van der Waals surface area contributed by atoms with Gasteiger partial charge in [-0.2, -0.15) is 0 Å². The first-order valence-corrected chi connectivity index (χ1v) is 4.28. The number of carbonyl (C=O) groups excluding carboxylic acids is 2. The van der Waals surface area contributed by atoms with Crippen LogP contribution in [-0.2, 0) is 9.59 Å². The van der Waals surface area contributed by atoms with Crippen LogP contribution in [0.4, 0.5) is 0 Å². The zero-order chi connectivity index (χ0) is 10.4. The van der Waals surface area contributed by atoms with Crippen molar-refractivity contribution in [3.8, 4) is 0 Å². The maximum atomic E-state index is 11.1. The molecule has 0 fully saturated rings. The van der Waals surface area contributed by atoms with Crippen molar-refractivity contribution in [2.24, 2.45) is 0 Å². The second-order valence-electron chi connectivity index (χ2n) is 2.93. The van der Waals surface area contributed by atoms with Gasteiger partial charge in [0.15, 0.2) is 0 Å². The standard InChI is InChI=1S/C9H12N2O3/c12-8(6-9(13)11-14)10-7-4-2-1-3-5-7/h1-4,7,14H,5-6H2,(H,10,12)(H,11,13). The van der Waals surface area contributed by atoms with Crippen LogP contribution in [0.2, 0.25) is 0 Å². The maximum Gasteiger partial charge on any atom is 0.252 e. The summed E-state index contributed by atoms with van der Waals surface area (Å²) in [6.45, 7) is 0. The first-order valence-electron chi connectivity index (χ1n) is 4.28. The minimum atomic E-state index is -0.710. The molecule has 0 aromatic carbocycles. The lowest BCUT2D eigenvalue weighted by molar-refractivity contribution is -0.134. The molecule has 0 aliphatic heterocycles. The molecular weight excluding hydrogens is 184 g/mol. The van der Waals surface area contributed by atoms with E-state index >= 15 is 0 Å². The van der Waals surface area contributed by atoms with Gasteiger partial charge in [-0.1, -0.05) is 24.3 Å². The number of nitrogens with one attached hydrogen (secondary N) is 2. The molecule has 0 radical (unpaired) electrons. The van der Waals surface area contributed by atoms with Crippen LogP contribution in [0.5, 0.6) is 0 Å². The van der Waals surface area contributed by atoms with Crippen LogP contribution in [0, 0.1) is 0 Å². The van der Waals surface area contributed by atoms with Gasteiger partial charge in [-0.05, 0) is 6.42 Å². The van der Waals surface area contributed by atoms with Crippen molar-refractivity contribution in [3.05, 3.63) is 24.3 Å². The summed E-state index contributed by atoms with van der Waals surface area (Å²) in [5.41, 5.74) is 1.40. The number of rotatable bonds is 3. The second kappa shape index (κ2) is 5.18. The lowest BCUT2D eigenvalue weighted by atomic mass is 10.1. The van der Waals surface area contributed by atoms with E-state index in [9.17, 15) is 9.59 Å². The Morgan fingerprint density at radius 2 is 2.14 bits per heavy atom. The van der Waals surface area contributed by atoms with E-state index < -0.39 is 11.8 Å². The molecule has 76 valence electrons. The van der Waals surface area contributed by atoms with E-state index in [1.54, 1.807) is 0 Å². The van der Waals surface area contributed by atoms with Crippen LogP contribution in [0.1, 0.15) is 12.8 Å². The Morgan fingerprint density at radius 1 is 1.36 bits per heavy atom. The Hall–Kier alpha value is -1.62. The van der Waals surface area contributed by atoms with E-state index in [0.29, 0.717) is 0 Å². The predicted molar refractivity (Wildman–Crippen MR) is 49.4 cm³/mol. The summed E-state index contributed by atoms with van der Waals surface area (Å²) in [7, 11) is 0. The third-order valence-electron chi connectivity index (χ3n) is 1.77. The summed E-state index contributed by atoms with van der Waals surface area (Å²) in [4.78, 5) is 21.7. The number of amides is 2. The van der Waals surface area contributed by atoms with Gasteiger partial charge in [0, 0.05) is 0 Å². The van der Waals surface area contributed by atoms with Gasteiger partial charge in [0.2, 0.25) is 5.91 Å². The molecule has 0 saturated carbocycles. The monoisotopic (exact) mass is 196 g/mol. The van der Waals surface area contributed by atoms with Crippen LogP contribution in [0.25, 0.3) is 0 Å². The van der Waals surface area contributed by atoms with E-state index in [1.165, 1.54) is 5.48 Å². The summed E-state index contributed by atoms with van der Waals surface area (Å²) >= 11 is 0. The van der Waals surface area contributed by atoms with Gasteiger partial charge in [0.05, 0.1) is 6.04 Å². The highest BCUT2D eigenvalue weighted by Gasteiger charge is 2.12. The third kappa shape index (κ3) is 3.40. The molecule has 2 amide bonds. The van der Waals surface area contributed by atoms with E-state index in [0.717, 1.165) is 6.42 Å². The van der Waals surface area contributed by atoms with E-state index in [-0.39, 0.29) is 12.5 Å². The second-order valence-corrected chi connectivity index (χ2v) is 2.93. The van der Waals surface area contributed by atoms with Crippen molar-refractivity contribution < 1.29 is 14.8 Å². The Morgan fingerprint density at radius 3 is 2.71 bits per heavy atom. The van der Waals surface area contributed by atoms with Gasteiger partial charge in [-0.25, -0.2) is 5.48 Å². The molecule has 0 aromatic heterocycles. The van der Waals surface area contributed by atoms with Crippen LogP contribution < -0.4 is 10.8 Å². The van der Waals surface area contributed by atoms with Crippen molar-refractivity contribution in [3.63, 3.8) is 0 Å². The van der Waals surface area contributed by atoms with Gasteiger partial charge < -0.3 is 5.32 Å². The minimum absolute atomic E-state index is 0.0565. The fourth-order valence-corrected chi connectivity index (χ4v) is 1.13. The van der Waals surface area contributed by atoms with E-state index in [1.807, 2.05) is 24.3 Å². The molecule has 0 aromatic rings. The summed E-state index contributed by atoms with van der Waals surface area (Å²) in [6.07, 6.45) is 7.86. The Kier molecular flexibility index (Phi) is 3.87. The molecule has 0 spiro atoms. The van der Waals surface area contributed by atoms with Crippen molar-refractivity contribution in [2.75, 3.05) is 0 Å². The maximum absolute atomic E-state index is 11.1. The lowest BCUT2D eigenvalue weighted by Gasteiger charge is -2.14. The number of allylic oxidation sites excluding steroid dienone is 2. The zero-order valence-electron chi connectivity index (χ0n) is 7.56. The molecule has 5 nitrogen and oxygen atoms in total. The summed E-state index contributed by atoms with van der Waals surface area (Å²) in [5.74, 6) is -1.11. The molecule has 3 N–H and O–H groups in total. The normalized spacial score (nSPS) is 19.1. The van der Waals surface area contributed by atoms with Gasteiger partial charge in [0.1, 0.15) is 6.42 Å². The van der Waals surface area contributed by atoms with Crippen LogP contribution in [0.15, 0.2) is 24.3 Å². The lowest BCUT2D eigenvalue weighted by Crippen LogP contribution is -2.36. The molecule has 1 rings (SSSR count). The first-order chi connectivity index (χ1) is 6.72. The van der Waals surface area contributed by atoms with Crippen LogP contribution in [0.3, 0.4) is 0 Å². The van der Waals surface area contributed by atoms with Gasteiger partial charge in [-0.15, -0.1) is 0 Å². The largest absolute Gasteiger partial charge is 0.349 e. The molecule has 14 heavy (non-hydrogen) atoms. The summed E-state index contributed by atoms with van der Waals surface area (Å²) < 4.78 is 0. The number of carbonyl (C=O) groups is 2. The molecule has 1 aliphatic rings. The Labute approximate surface area is 81.4 Å². The predicted octanol–water partition coefficient (Wildman–Crippen LogP) is -0.117. The average molecular weight is 196 g/mol. The van der Waals surface area contributed by atoms with Crippen molar-refractivity contribution >= 4 is 11.8 Å². The molecule has 5 heteroatoms. The number of hydrogen-bond donors (Lipinski definition) is 3. The third-order valence-corrected chi connectivity index (χ3v) is 1.77. The fraction of sp³-hybridized carbons (Fsp3) is 0.333. The first kappa shape index (κ1) is 10.5.